The van der Waals surface area contributed by atoms with E-state index in [9.17, 15) is 10.2 Å². The Kier molecular flexibility index (Phi) is 6.23. The summed E-state index contributed by atoms with van der Waals surface area (Å²) in [6.07, 6.45) is 6.69. The van der Waals surface area contributed by atoms with Crippen LogP contribution in [0, 0.1) is 11.3 Å². The highest BCUT2D eigenvalue weighted by molar-refractivity contribution is 5.78. The number of aliphatic hydroxyl groups is 2. The van der Waals surface area contributed by atoms with Crippen molar-refractivity contribution in [3.05, 3.63) is 12.3 Å². The highest BCUT2D eigenvalue weighted by Gasteiger charge is 2.37. The third-order valence-electron chi connectivity index (χ3n) is 5.36. The summed E-state index contributed by atoms with van der Waals surface area (Å²) in [5.41, 5.74) is -0.311. The zero-order chi connectivity index (χ0) is 17.7. The van der Waals surface area contributed by atoms with Crippen molar-refractivity contribution in [2.45, 2.75) is 51.3 Å². The maximum atomic E-state index is 10.1. The number of hydrogen-bond donors (Lipinski definition) is 4. The molecule has 0 aromatic carbocycles. The number of hydrogen-bond acceptors (Lipinski definition) is 5. The second-order valence-corrected chi connectivity index (χ2v) is 6.87. The molecule has 2 aliphatic rings. The van der Waals surface area contributed by atoms with Gasteiger partial charge in [0.1, 0.15) is 0 Å². The molecule has 136 valence electrons. The molecule has 0 aliphatic carbocycles. The Bertz CT molecular complexity index is 495. The minimum atomic E-state index is -0.590. The van der Waals surface area contributed by atoms with E-state index in [2.05, 4.69) is 42.1 Å². The monoisotopic (exact) mass is 337 g/mol. The molecule has 7 heteroatoms. The summed E-state index contributed by atoms with van der Waals surface area (Å²) in [5.74, 6) is 0.251. The molecule has 2 heterocycles. The first kappa shape index (κ1) is 18.7. The Morgan fingerprint density at radius 1 is 1.46 bits per heavy atom. The van der Waals surface area contributed by atoms with Gasteiger partial charge in [0.05, 0.1) is 24.0 Å². The summed E-state index contributed by atoms with van der Waals surface area (Å²) >= 11 is 0. The minimum absolute atomic E-state index is 0.000106. The Hall–Kier alpha value is -1.60. The molecule has 0 amide bonds. The van der Waals surface area contributed by atoms with Gasteiger partial charge in [-0.25, -0.2) is 4.99 Å². The van der Waals surface area contributed by atoms with Gasteiger partial charge in [-0.1, -0.05) is 6.92 Å². The molecule has 0 radical (unpaired) electrons. The fourth-order valence-corrected chi connectivity index (χ4v) is 3.41. The summed E-state index contributed by atoms with van der Waals surface area (Å²) in [6.45, 7) is 8.24. The molecule has 2 aliphatic heterocycles. The van der Waals surface area contributed by atoms with Gasteiger partial charge in [0.2, 0.25) is 0 Å². The predicted molar refractivity (Wildman–Crippen MR) is 96.1 cm³/mol. The van der Waals surface area contributed by atoms with E-state index >= 15 is 0 Å². The van der Waals surface area contributed by atoms with E-state index in [4.69, 9.17) is 5.41 Å². The number of aliphatic imine (C=N–C) groups is 1. The Morgan fingerprint density at radius 3 is 2.79 bits per heavy atom. The van der Waals surface area contributed by atoms with E-state index in [0.717, 1.165) is 13.0 Å². The van der Waals surface area contributed by atoms with E-state index in [-0.39, 0.29) is 24.1 Å². The second kappa shape index (κ2) is 7.98. The lowest BCUT2D eigenvalue weighted by molar-refractivity contribution is 0.0166. The van der Waals surface area contributed by atoms with Crippen LogP contribution in [0.4, 0.5) is 0 Å². The summed E-state index contributed by atoms with van der Waals surface area (Å²) in [5, 5.41) is 31.2. The summed E-state index contributed by atoms with van der Waals surface area (Å²) in [7, 11) is 0. The molecule has 1 saturated heterocycles. The number of likely N-dealkylation sites (N-methyl/N-ethyl adjacent to an activating group) is 1. The van der Waals surface area contributed by atoms with Crippen LogP contribution in [0.1, 0.15) is 33.6 Å². The molecule has 24 heavy (non-hydrogen) atoms. The number of likely N-dealkylation sites (tertiary alicyclic amines) is 1. The van der Waals surface area contributed by atoms with Crippen molar-refractivity contribution in [3.8, 4) is 0 Å². The van der Waals surface area contributed by atoms with Gasteiger partial charge in [-0.2, -0.15) is 0 Å². The van der Waals surface area contributed by atoms with Crippen molar-refractivity contribution in [1.29, 1.82) is 5.41 Å². The third kappa shape index (κ3) is 3.89. The van der Waals surface area contributed by atoms with Crippen molar-refractivity contribution in [2.75, 3.05) is 26.2 Å². The lowest BCUT2D eigenvalue weighted by atomic mass is 9.87. The number of rotatable bonds is 5. The number of nitrogens with zero attached hydrogens (tertiary/aromatic N) is 3. The normalized spacial score (nSPS) is 29.5. The lowest BCUT2D eigenvalue weighted by Gasteiger charge is -2.45. The van der Waals surface area contributed by atoms with Crippen molar-refractivity contribution in [3.63, 3.8) is 0 Å². The van der Waals surface area contributed by atoms with Crippen LogP contribution in [0.5, 0.6) is 0 Å². The van der Waals surface area contributed by atoms with Crippen molar-refractivity contribution in [2.24, 2.45) is 10.9 Å². The Morgan fingerprint density at radius 2 is 2.21 bits per heavy atom. The maximum absolute atomic E-state index is 10.1. The zero-order valence-corrected chi connectivity index (χ0v) is 14.9. The van der Waals surface area contributed by atoms with Gasteiger partial charge >= 0.3 is 0 Å². The number of guanidine groups is 1. The highest BCUT2D eigenvalue weighted by Crippen LogP contribution is 2.24. The predicted octanol–water partition coefficient (Wildman–Crippen LogP) is 0.601. The standard InChI is InChI=1S/C17H31N5O2/c1-4-17(3,15-6-8-19-12-21(15)5-2)20-16(18)22-9-7-13(11-23)14(24)10-22/h6,8,12-15,23-24H,4-5,7,9-11H2,1-3H3,(H2,18,20)/t13-,14+,15?,17+/m1/s1. The van der Waals surface area contributed by atoms with Gasteiger partial charge in [0.15, 0.2) is 5.96 Å². The van der Waals surface area contributed by atoms with Crippen LogP contribution in [0.25, 0.3) is 0 Å². The van der Waals surface area contributed by atoms with Gasteiger partial charge in [-0.05, 0) is 32.8 Å². The maximum Gasteiger partial charge on any atom is 0.191 e. The molecule has 0 bridgehead atoms. The minimum Gasteiger partial charge on any atom is -0.396 e. The highest BCUT2D eigenvalue weighted by atomic mass is 16.3. The Labute approximate surface area is 144 Å². The van der Waals surface area contributed by atoms with Gasteiger partial charge in [0.25, 0.3) is 0 Å². The van der Waals surface area contributed by atoms with Crippen molar-refractivity contribution in [1.82, 2.24) is 15.1 Å². The first-order valence-corrected chi connectivity index (χ1v) is 8.81. The molecule has 2 rings (SSSR count). The first-order chi connectivity index (χ1) is 11.4. The summed E-state index contributed by atoms with van der Waals surface area (Å²) < 4.78 is 0. The quantitative estimate of drug-likeness (QED) is 0.435. The summed E-state index contributed by atoms with van der Waals surface area (Å²) in [4.78, 5) is 8.22. The van der Waals surface area contributed by atoms with Gasteiger partial charge < -0.3 is 25.3 Å². The van der Waals surface area contributed by atoms with Gasteiger partial charge in [-0.3, -0.25) is 5.41 Å². The van der Waals surface area contributed by atoms with Gasteiger partial charge in [0, 0.05) is 38.4 Å². The van der Waals surface area contributed by atoms with E-state index in [0.29, 0.717) is 25.5 Å². The molecule has 0 spiro atoms. The molecule has 1 unspecified atom stereocenters. The average molecular weight is 337 g/mol. The fourth-order valence-electron chi connectivity index (χ4n) is 3.41. The number of β-amino-alcohol motifs (C(OH)–C–C–N with tert-alkyl or cyclic N) is 1. The molecule has 4 atom stereocenters. The van der Waals surface area contributed by atoms with E-state index in [1.165, 1.54) is 0 Å². The van der Waals surface area contributed by atoms with E-state index in [1.807, 2.05) is 17.4 Å². The van der Waals surface area contributed by atoms with Crippen LogP contribution in [-0.2, 0) is 0 Å². The second-order valence-electron chi connectivity index (χ2n) is 6.87. The molecular formula is C17H31N5O2. The van der Waals surface area contributed by atoms with Crippen molar-refractivity contribution < 1.29 is 10.2 Å². The number of nitrogens with one attached hydrogen (secondary N) is 2. The van der Waals surface area contributed by atoms with Crippen LogP contribution in [0.2, 0.25) is 0 Å². The molecule has 7 nitrogen and oxygen atoms in total. The lowest BCUT2D eigenvalue weighted by Crippen LogP contribution is -2.63. The molecule has 0 aromatic rings. The Balaban J connectivity index is 2.05. The van der Waals surface area contributed by atoms with Crippen molar-refractivity contribution >= 4 is 12.3 Å². The average Bonchev–Trinajstić information content (AvgIpc) is 2.61. The first-order valence-electron chi connectivity index (χ1n) is 8.81. The molecule has 1 fully saturated rings. The van der Waals surface area contributed by atoms with Crippen LogP contribution < -0.4 is 5.32 Å². The SMILES string of the molecule is CCN1C=NC=CC1[C@](C)(CC)NC(=N)N1CC[C@H](CO)[C@@H](O)C1. The topological polar surface area (TPSA) is 95.2 Å². The molecule has 0 aromatic heterocycles. The van der Waals surface area contributed by atoms with E-state index in [1.54, 1.807) is 0 Å². The smallest absolute Gasteiger partial charge is 0.191 e. The molecule has 4 N–H and O–H groups in total. The number of piperidine rings is 1. The summed E-state index contributed by atoms with van der Waals surface area (Å²) in [6, 6.07) is 0.116. The van der Waals surface area contributed by atoms with Crippen LogP contribution in [0.3, 0.4) is 0 Å². The zero-order valence-electron chi connectivity index (χ0n) is 14.9. The molecule has 0 saturated carbocycles. The number of aliphatic hydroxyl groups excluding tert-OH is 2. The van der Waals surface area contributed by atoms with Crippen LogP contribution in [-0.4, -0.2) is 76.2 Å². The van der Waals surface area contributed by atoms with Gasteiger partial charge in [-0.15, -0.1) is 0 Å². The van der Waals surface area contributed by atoms with Crippen LogP contribution >= 0.6 is 0 Å². The van der Waals surface area contributed by atoms with Crippen LogP contribution in [0.15, 0.2) is 17.3 Å². The largest absolute Gasteiger partial charge is 0.396 e. The third-order valence-corrected chi connectivity index (χ3v) is 5.36. The van der Waals surface area contributed by atoms with E-state index < -0.39 is 6.10 Å². The molecular weight excluding hydrogens is 306 g/mol. The fraction of sp³-hybridized carbons (Fsp3) is 0.765.